The molecule has 5 heteroatoms. The van der Waals surface area contributed by atoms with E-state index in [-0.39, 0.29) is 0 Å². The van der Waals surface area contributed by atoms with Crippen LogP contribution in [0.4, 0.5) is 0 Å². The molecule has 2 heterocycles. The van der Waals surface area contributed by atoms with Crippen molar-refractivity contribution in [1.82, 2.24) is 10.3 Å². The molecule has 0 atom stereocenters. The molecular formula is C15H14Cl2N2O. The Morgan fingerprint density at radius 1 is 1.15 bits per heavy atom. The Labute approximate surface area is 127 Å². The van der Waals surface area contributed by atoms with Crippen LogP contribution in [0.25, 0.3) is 11.1 Å². The number of rotatable bonds is 4. The highest BCUT2D eigenvalue weighted by molar-refractivity contribution is 6.31. The molecule has 0 radical (unpaired) electrons. The summed E-state index contributed by atoms with van der Waals surface area (Å²) in [5.74, 6) is 0. The molecule has 1 saturated heterocycles. The second-order valence-corrected chi connectivity index (χ2v) is 5.56. The average Bonchev–Trinajstić information content (AvgIpc) is 2.40. The molecule has 104 valence electrons. The number of nitrogens with zero attached hydrogens (tertiary/aromatic N) is 1. The van der Waals surface area contributed by atoms with E-state index in [0.29, 0.717) is 17.9 Å². The molecule has 0 amide bonds. The summed E-state index contributed by atoms with van der Waals surface area (Å²) in [4.78, 5) is 4.10. The van der Waals surface area contributed by atoms with Crippen LogP contribution in [0.2, 0.25) is 10.2 Å². The zero-order valence-corrected chi connectivity index (χ0v) is 12.3. The summed E-state index contributed by atoms with van der Waals surface area (Å²) >= 11 is 12.0. The van der Waals surface area contributed by atoms with Crippen LogP contribution in [0.15, 0.2) is 36.5 Å². The molecule has 3 rings (SSSR count). The van der Waals surface area contributed by atoms with Crippen molar-refractivity contribution < 1.29 is 4.74 Å². The van der Waals surface area contributed by atoms with Gasteiger partial charge in [-0.05, 0) is 35.4 Å². The maximum absolute atomic E-state index is 6.22. The van der Waals surface area contributed by atoms with E-state index in [0.717, 1.165) is 34.8 Å². The Kier molecular flexibility index (Phi) is 4.22. The number of ether oxygens (including phenoxy) is 1. The van der Waals surface area contributed by atoms with Gasteiger partial charge in [-0.1, -0.05) is 29.3 Å². The van der Waals surface area contributed by atoms with Crippen LogP contribution >= 0.6 is 23.2 Å². The molecule has 0 aliphatic carbocycles. The van der Waals surface area contributed by atoms with E-state index in [1.54, 1.807) is 12.3 Å². The molecule has 1 aliphatic rings. The first-order valence-corrected chi connectivity index (χ1v) is 7.20. The van der Waals surface area contributed by atoms with E-state index in [9.17, 15) is 0 Å². The van der Waals surface area contributed by atoms with Crippen LogP contribution in [-0.2, 0) is 11.3 Å². The highest BCUT2D eigenvalue weighted by atomic mass is 35.5. The van der Waals surface area contributed by atoms with E-state index in [1.807, 2.05) is 24.3 Å². The lowest BCUT2D eigenvalue weighted by Gasteiger charge is -2.27. The van der Waals surface area contributed by atoms with Crippen LogP contribution in [0.5, 0.6) is 0 Å². The van der Waals surface area contributed by atoms with Gasteiger partial charge in [-0.15, -0.1) is 0 Å². The monoisotopic (exact) mass is 308 g/mol. The molecule has 3 nitrogen and oxygen atoms in total. The number of nitrogens with one attached hydrogen (secondary N) is 1. The average molecular weight is 309 g/mol. The molecule has 0 unspecified atom stereocenters. The molecular weight excluding hydrogens is 295 g/mol. The minimum absolute atomic E-state index is 0.298. The number of hydrogen-bond donors (Lipinski definition) is 1. The Bertz CT molecular complexity index is 597. The number of hydrogen-bond acceptors (Lipinski definition) is 3. The normalized spacial score (nSPS) is 15.1. The fraction of sp³-hybridized carbons (Fsp3) is 0.267. The van der Waals surface area contributed by atoms with Crippen molar-refractivity contribution in [1.29, 1.82) is 0 Å². The van der Waals surface area contributed by atoms with Gasteiger partial charge in [-0.25, -0.2) is 4.98 Å². The van der Waals surface area contributed by atoms with Gasteiger partial charge in [-0.2, -0.15) is 0 Å². The first kappa shape index (κ1) is 13.8. The number of pyridine rings is 1. The predicted molar refractivity (Wildman–Crippen MR) is 81.1 cm³/mol. The standard InChI is InChI=1S/C15H14Cl2N2O/c16-14-3-1-10(11-2-4-15(17)19-6-11)5-12(14)9-20-13-7-18-8-13/h1-6,13,18H,7-9H2. The fourth-order valence-electron chi connectivity index (χ4n) is 2.00. The van der Waals surface area contributed by atoms with Gasteiger partial charge in [0, 0.05) is 29.9 Å². The summed E-state index contributed by atoms with van der Waals surface area (Å²) in [5.41, 5.74) is 3.06. The molecule has 0 saturated carbocycles. The van der Waals surface area contributed by atoms with Gasteiger partial charge >= 0.3 is 0 Å². The smallest absolute Gasteiger partial charge is 0.129 e. The first-order valence-electron chi connectivity index (χ1n) is 6.45. The van der Waals surface area contributed by atoms with Crippen molar-refractivity contribution >= 4 is 23.2 Å². The van der Waals surface area contributed by atoms with Crippen molar-refractivity contribution in [2.45, 2.75) is 12.7 Å². The second-order valence-electron chi connectivity index (χ2n) is 4.77. The highest BCUT2D eigenvalue weighted by Crippen LogP contribution is 2.26. The molecule has 2 aromatic rings. The first-order chi connectivity index (χ1) is 9.72. The molecule has 1 aromatic carbocycles. The molecule has 1 fully saturated rings. The fourth-order valence-corrected chi connectivity index (χ4v) is 2.28. The Hall–Kier alpha value is -1.13. The van der Waals surface area contributed by atoms with Crippen molar-refractivity contribution in [2.24, 2.45) is 0 Å². The minimum Gasteiger partial charge on any atom is -0.371 e. The van der Waals surface area contributed by atoms with Gasteiger partial charge in [0.2, 0.25) is 0 Å². The maximum atomic E-state index is 6.22. The third-order valence-electron chi connectivity index (χ3n) is 3.32. The molecule has 1 aliphatic heterocycles. The quantitative estimate of drug-likeness (QED) is 0.877. The van der Waals surface area contributed by atoms with Gasteiger partial charge < -0.3 is 10.1 Å². The van der Waals surface area contributed by atoms with Gasteiger partial charge in [0.05, 0.1) is 12.7 Å². The lowest BCUT2D eigenvalue weighted by Crippen LogP contribution is -2.48. The molecule has 0 spiro atoms. The summed E-state index contributed by atoms with van der Waals surface area (Å²) in [5, 5.41) is 4.39. The maximum Gasteiger partial charge on any atom is 0.129 e. The highest BCUT2D eigenvalue weighted by Gasteiger charge is 2.17. The summed E-state index contributed by atoms with van der Waals surface area (Å²) in [6, 6.07) is 9.63. The van der Waals surface area contributed by atoms with E-state index in [2.05, 4.69) is 10.3 Å². The van der Waals surface area contributed by atoms with Gasteiger partial charge in [0.15, 0.2) is 0 Å². The van der Waals surface area contributed by atoms with Gasteiger partial charge in [-0.3, -0.25) is 0 Å². The predicted octanol–water partition coefficient (Wildman–Crippen LogP) is 3.54. The number of halogens is 2. The Morgan fingerprint density at radius 2 is 1.95 bits per heavy atom. The lowest BCUT2D eigenvalue weighted by molar-refractivity contribution is 0.00764. The zero-order valence-electron chi connectivity index (χ0n) is 10.8. The van der Waals surface area contributed by atoms with Crippen LogP contribution < -0.4 is 5.32 Å². The van der Waals surface area contributed by atoms with Crippen LogP contribution in [0, 0.1) is 0 Å². The van der Waals surface area contributed by atoms with Crippen molar-refractivity contribution in [3.63, 3.8) is 0 Å². The van der Waals surface area contributed by atoms with Gasteiger partial charge in [0.1, 0.15) is 5.15 Å². The Balaban J connectivity index is 1.79. The third kappa shape index (κ3) is 3.13. The summed E-state index contributed by atoms with van der Waals surface area (Å²) < 4.78 is 5.77. The van der Waals surface area contributed by atoms with Crippen molar-refractivity contribution in [3.8, 4) is 11.1 Å². The molecule has 20 heavy (non-hydrogen) atoms. The van der Waals surface area contributed by atoms with Crippen molar-refractivity contribution in [2.75, 3.05) is 13.1 Å². The molecule has 1 N–H and O–H groups in total. The minimum atomic E-state index is 0.298. The summed E-state index contributed by atoms with van der Waals surface area (Å²) in [6.45, 7) is 2.36. The van der Waals surface area contributed by atoms with E-state index in [4.69, 9.17) is 27.9 Å². The SMILES string of the molecule is Clc1ccc(-c2ccc(Cl)c(COC3CNC3)c2)cn1. The largest absolute Gasteiger partial charge is 0.371 e. The van der Waals surface area contributed by atoms with E-state index < -0.39 is 0 Å². The van der Waals surface area contributed by atoms with Crippen LogP contribution in [0.3, 0.4) is 0 Å². The zero-order chi connectivity index (χ0) is 13.9. The van der Waals surface area contributed by atoms with Gasteiger partial charge in [0.25, 0.3) is 0 Å². The van der Waals surface area contributed by atoms with Crippen LogP contribution in [-0.4, -0.2) is 24.2 Å². The van der Waals surface area contributed by atoms with E-state index >= 15 is 0 Å². The Morgan fingerprint density at radius 3 is 2.60 bits per heavy atom. The van der Waals surface area contributed by atoms with E-state index in [1.165, 1.54) is 0 Å². The lowest BCUT2D eigenvalue weighted by atomic mass is 10.1. The summed E-state index contributed by atoms with van der Waals surface area (Å²) in [6.07, 6.45) is 2.05. The summed E-state index contributed by atoms with van der Waals surface area (Å²) in [7, 11) is 0. The second kappa shape index (κ2) is 6.10. The molecule has 1 aromatic heterocycles. The number of aromatic nitrogens is 1. The third-order valence-corrected chi connectivity index (χ3v) is 3.92. The van der Waals surface area contributed by atoms with Crippen LogP contribution in [0.1, 0.15) is 5.56 Å². The van der Waals surface area contributed by atoms with Crippen molar-refractivity contribution in [3.05, 3.63) is 52.3 Å². The molecule has 0 bridgehead atoms. The topological polar surface area (TPSA) is 34.1 Å². The number of benzene rings is 1.